The largest absolute Gasteiger partial charge is 0.333 e. The normalized spacial score (nSPS) is 21.8. The third-order valence-corrected chi connectivity index (χ3v) is 5.62. The molecule has 1 atom stereocenters. The molecular formula is C19H29N5. The van der Waals surface area contributed by atoms with Gasteiger partial charge >= 0.3 is 0 Å². The first-order valence-electron chi connectivity index (χ1n) is 9.47. The van der Waals surface area contributed by atoms with Crippen LogP contribution in [0.25, 0.3) is 0 Å². The molecule has 2 aromatic rings. The van der Waals surface area contributed by atoms with Gasteiger partial charge in [0, 0.05) is 56.5 Å². The summed E-state index contributed by atoms with van der Waals surface area (Å²) in [7, 11) is 2.05. The zero-order valence-corrected chi connectivity index (χ0v) is 15.0. The third-order valence-electron chi connectivity index (χ3n) is 5.62. The number of hydrogen-bond donors (Lipinski definition) is 1. The molecule has 0 radical (unpaired) electrons. The van der Waals surface area contributed by atoms with Crippen LogP contribution in [0, 0.1) is 6.92 Å². The molecule has 3 heterocycles. The van der Waals surface area contributed by atoms with Crippen LogP contribution in [-0.4, -0.2) is 25.4 Å². The molecule has 0 unspecified atom stereocenters. The second kappa shape index (κ2) is 6.71. The van der Waals surface area contributed by atoms with Crippen LogP contribution in [0.15, 0.2) is 12.4 Å². The fourth-order valence-corrected chi connectivity index (χ4v) is 4.42. The Balaban J connectivity index is 1.41. The fraction of sp³-hybridized carbons (Fsp3) is 0.684. The van der Waals surface area contributed by atoms with Crippen molar-refractivity contribution < 1.29 is 0 Å². The number of rotatable bonds is 4. The van der Waals surface area contributed by atoms with Gasteiger partial charge in [0.15, 0.2) is 0 Å². The van der Waals surface area contributed by atoms with Crippen molar-refractivity contribution in [3.8, 4) is 0 Å². The minimum absolute atomic E-state index is 0.533. The number of fused-ring (bicyclic) bond motifs is 1. The lowest BCUT2D eigenvalue weighted by Crippen LogP contribution is -2.37. The molecule has 0 amide bonds. The van der Waals surface area contributed by atoms with Crippen LogP contribution >= 0.6 is 0 Å². The van der Waals surface area contributed by atoms with Gasteiger partial charge in [-0.15, -0.1) is 0 Å². The number of aryl methyl sites for hydroxylation is 3. The maximum absolute atomic E-state index is 4.80. The zero-order valence-electron chi connectivity index (χ0n) is 15.0. The van der Waals surface area contributed by atoms with Crippen molar-refractivity contribution in [3.63, 3.8) is 0 Å². The highest BCUT2D eigenvalue weighted by molar-refractivity contribution is 5.22. The van der Waals surface area contributed by atoms with Crippen molar-refractivity contribution in [2.75, 3.05) is 0 Å². The van der Waals surface area contributed by atoms with Gasteiger partial charge < -0.3 is 9.88 Å². The molecule has 0 saturated heterocycles. The second-order valence-corrected chi connectivity index (χ2v) is 7.62. The van der Waals surface area contributed by atoms with Crippen molar-refractivity contribution in [3.05, 3.63) is 35.2 Å². The van der Waals surface area contributed by atoms with Crippen molar-refractivity contribution in [1.29, 1.82) is 0 Å². The number of imidazole rings is 1. The summed E-state index contributed by atoms with van der Waals surface area (Å²) in [6.07, 6.45) is 13.4. The molecule has 1 aliphatic carbocycles. The van der Waals surface area contributed by atoms with E-state index in [2.05, 4.69) is 41.2 Å². The van der Waals surface area contributed by atoms with E-state index in [1.54, 1.807) is 0 Å². The summed E-state index contributed by atoms with van der Waals surface area (Å²) in [6.45, 7) is 4.06. The molecule has 2 aromatic heterocycles. The molecule has 5 nitrogen and oxygen atoms in total. The Morgan fingerprint density at radius 2 is 2.00 bits per heavy atom. The lowest BCUT2D eigenvalue weighted by atomic mass is 9.85. The van der Waals surface area contributed by atoms with Gasteiger partial charge in [0.25, 0.3) is 0 Å². The number of hydrogen-bond acceptors (Lipinski definition) is 3. The molecule has 4 rings (SSSR count). The fourth-order valence-electron chi connectivity index (χ4n) is 4.42. The first kappa shape index (κ1) is 15.9. The number of nitrogens with zero attached hydrogens (tertiary/aromatic N) is 4. The van der Waals surface area contributed by atoms with Crippen LogP contribution in [0.1, 0.15) is 67.2 Å². The van der Waals surface area contributed by atoms with Gasteiger partial charge in [0.1, 0.15) is 5.82 Å². The maximum atomic E-state index is 4.80. The molecule has 1 saturated carbocycles. The highest BCUT2D eigenvalue weighted by atomic mass is 15.3. The first-order valence-corrected chi connectivity index (χ1v) is 9.47. The van der Waals surface area contributed by atoms with Gasteiger partial charge in [-0.05, 0) is 26.2 Å². The van der Waals surface area contributed by atoms with Crippen LogP contribution in [0.3, 0.4) is 0 Å². The molecule has 1 N–H and O–H groups in total. The molecule has 130 valence electrons. The predicted octanol–water partition coefficient (Wildman–Crippen LogP) is 3.08. The van der Waals surface area contributed by atoms with Gasteiger partial charge in [-0.3, -0.25) is 4.68 Å². The standard InChI is InChI=1S/C19H29N5/c1-14-11-24-13-17(8-9-18(24)21-14)20-10-16-12-23(2)22-19(16)15-6-4-3-5-7-15/h11-12,15,17,20H,3-10,13H2,1-2H3/t17-/m0/s1. The van der Waals surface area contributed by atoms with Crippen LogP contribution in [0.4, 0.5) is 0 Å². The van der Waals surface area contributed by atoms with Crippen molar-refractivity contribution >= 4 is 0 Å². The van der Waals surface area contributed by atoms with E-state index in [-0.39, 0.29) is 0 Å². The summed E-state index contributed by atoms with van der Waals surface area (Å²) in [5.74, 6) is 1.92. The van der Waals surface area contributed by atoms with E-state index < -0.39 is 0 Å². The van der Waals surface area contributed by atoms with E-state index in [1.807, 2.05) is 4.68 Å². The first-order chi connectivity index (χ1) is 11.7. The highest BCUT2D eigenvalue weighted by Gasteiger charge is 2.23. The van der Waals surface area contributed by atoms with Gasteiger partial charge in [0.2, 0.25) is 0 Å². The van der Waals surface area contributed by atoms with E-state index in [1.165, 1.54) is 55.6 Å². The molecular weight excluding hydrogens is 298 g/mol. The quantitative estimate of drug-likeness (QED) is 0.939. The lowest BCUT2D eigenvalue weighted by molar-refractivity contribution is 0.376. The maximum Gasteiger partial charge on any atom is 0.109 e. The van der Waals surface area contributed by atoms with Gasteiger partial charge in [0.05, 0.1) is 11.4 Å². The van der Waals surface area contributed by atoms with Crippen LogP contribution < -0.4 is 5.32 Å². The van der Waals surface area contributed by atoms with Crippen LogP contribution in [0.5, 0.6) is 0 Å². The summed E-state index contributed by atoms with van der Waals surface area (Å²) in [6, 6.07) is 0.533. The monoisotopic (exact) mass is 327 g/mol. The van der Waals surface area contributed by atoms with Crippen LogP contribution in [0.2, 0.25) is 0 Å². The van der Waals surface area contributed by atoms with Crippen molar-refractivity contribution in [2.45, 2.75) is 76.9 Å². The summed E-state index contributed by atoms with van der Waals surface area (Å²) in [5, 5.41) is 8.58. The van der Waals surface area contributed by atoms with E-state index >= 15 is 0 Å². The Morgan fingerprint density at radius 3 is 2.83 bits per heavy atom. The van der Waals surface area contributed by atoms with E-state index in [9.17, 15) is 0 Å². The summed E-state index contributed by atoms with van der Waals surface area (Å²) in [4.78, 5) is 4.60. The molecule has 0 spiro atoms. The molecule has 5 heteroatoms. The lowest BCUT2D eigenvalue weighted by Gasteiger charge is -2.25. The Bertz CT molecular complexity index is 693. The summed E-state index contributed by atoms with van der Waals surface area (Å²) in [5.41, 5.74) is 3.88. The topological polar surface area (TPSA) is 47.7 Å². The van der Waals surface area contributed by atoms with E-state index in [4.69, 9.17) is 5.10 Å². The van der Waals surface area contributed by atoms with Crippen LogP contribution in [-0.2, 0) is 26.6 Å². The van der Waals surface area contributed by atoms with Gasteiger partial charge in [-0.1, -0.05) is 19.3 Å². The van der Waals surface area contributed by atoms with Crippen molar-refractivity contribution in [2.24, 2.45) is 7.05 Å². The molecule has 0 aromatic carbocycles. The Labute approximate surface area is 144 Å². The second-order valence-electron chi connectivity index (χ2n) is 7.62. The third kappa shape index (κ3) is 3.27. The summed E-state index contributed by atoms with van der Waals surface area (Å²) < 4.78 is 4.32. The predicted molar refractivity (Wildman–Crippen MR) is 94.9 cm³/mol. The molecule has 0 bridgehead atoms. The van der Waals surface area contributed by atoms with E-state index in [0.29, 0.717) is 12.0 Å². The highest BCUT2D eigenvalue weighted by Crippen LogP contribution is 2.33. The SMILES string of the molecule is Cc1cn2c(n1)CC[C@H](NCc1cn(C)nc1C1CCCCC1)C2. The molecule has 1 aliphatic heterocycles. The molecule has 24 heavy (non-hydrogen) atoms. The minimum Gasteiger partial charge on any atom is -0.333 e. The Kier molecular flexibility index (Phi) is 4.44. The average Bonchev–Trinajstić information content (AvgIpc) is 3.14. The number of aromatic nitrogens is 4. The summed E-state index contributed by atoms with van der Waals surface area (Å²) >= 11 is 0. The minimum atomic E-state index is 0.533. The Morgan fingerprint density at radius 1 is 1.17 bits per heavy atom. The van der Waals surface area contributed by atoms with E-state index in [0.717, 1.165) is 25.2 Å². The Hall–Kier alpha value is -1.62. The molecule has 2 aliphatic rings. The average molecular weight is 327 g/mol. The molecule has 1 fully saturated rings. The smallest absolute Gasteiger partial charge is 0.109 e. The van der Waals surface area contributed by atoms with Crippen molar-refractivity contribution in [1.82, 2.24) is 24.6 Å². The van der Waals surface area contributed by atoms with Gasteiger partial charge in [-0.25, -0.2) is 4.98 Å². The number of nitrogens with one attached hydrogen (secondary N) is 1. The van der Waals surface area contributed by atoms with Gasteiger partial charge in [-0.2, -0.15) is 5.10 Å². The zero-order chi connectivity index (χ0) is 16.5.